The number of rotatable bonds is 0. The molecule has 0 saturated carbocycles. The first-order valence-corrected chi connectivity index (χ1v) is 2.27. The van der Waals surface area contributed by atoms with Crippen molar-refractivity contribution in [3.63, 3.8) is 0 Å². The Balaban J connectivity index is 3.79. The van der Waals surface area contributed by atoms with Crippen molar-refractivity contribution < 1.29 is 9.28 Å². The molecular formula is C5H12NO+. The summed E-state index contributed by atoms with van der Waals surface area (Å²) in [5.74, 6) is 0.181. The lowest BCUT2D eigenvalue weighted by molar-refractivity contribution is -0.791. The van der Waals surface area contributed by atoms with Gasteiger partial charge in [-0.3, -0.25) is 4.48 Å². The number of quaternary nitrogens is 1. The van der Waals surface area contributed by atoms with Gasteiger partial charge in [-0.1, -0.05) is 0 Å². The van der Waals surface area contributed by atoms with Crippen LogP contribution in [0.4, 0.5) is 0 Å². The van der Waals surface area contributed by atoms with Crippen LogP contribution in [-0.2, 0) is 4.79 Å². The van der Waals surface area contributed by atoms with Crippen molar-refractivity contribution in [3.8, 4) is 0 Å². The Labute approximate surface area is 44.3 Å². The second kappa shape index (κ2) is 1.62. The molecule has 0 bridgehead atoms. The molecule has 0 aliphatic rings. The fourth-order valence-electron chi connectivity index (χ4n) is 0. The van der Waals surface area contributed by atoms with Crippen LogP contribution in [0.15, 0.2) is 0 Å². The Bertz CT molecular complexity index is 80.6. The third-order valence-electron chi connectivity index (χ3n) is 0.945. The summed E-state index contributed by atoms with van der Waals surface area (Å²) in [6.45, 7) is 1.58. The van der Waals surface area contributed by atoms with Crippen molar-refractivity contribution in [1.29, 1.82) is 0 Å². The summed E-state index contributed by atoms with van der Waals surface area (Å²) in [5.41, 5.74) is 0. The Morgan fingerprint density at radius 3 is 1.43 bits per heavy atom. The van der Waals surface area contributed by atoms with E-state index in [-0.39, 0.29) is 5.91 Å². The van der Waals surface area contributed by atoms with Crippen LogP contribution in [0, 0.1) is 0 Å². The average molecular weight is 102 g/mol. The normalized spacial score (nSPS) is 11.4. The van der Waals surface area contributed by atoms with Crippen molar-refractivity contribution >= 4 is 5.91 Å². The van der Waals surface area contributed by atoms with Crippen LogP contribution < -0.4 is 0 Å². The monoisotopic (exact) mass is 102 g/mol. The van der Waals surface area contributed by atoms with E-state index in [0.29, 0.717) is 4.48 Å². The van der Waals surface area contributed by atoms with Crippen LogP contribution in [0.2, 0.25) is 0 Å². The van der Waals surface area contributed by atoms with Crippen LogP contribution in [0.3, 0.4) is 0 Å². The predicted octanol–water partition coefficient (Wildman–Crippen LogP) is 0.239. The maximum Gasteiger partial charge on any atom is 0.309 e. The zero-order valence-corrected chi connectivity index (χ0v) is 5.36. The van der Waals surface area contributed by atoms with E-state index in [2.05, 4.69) is 0 Å². The first-order valence-electron chi connectivity index (χ1n) is 2.27. The summed E-state index contributed by atoms with van der Waals surface area (Å²) >= 11 is 0. The molecule has 0 aromatic heterocycles. The minimum absolute atomic E-state index is 0.181. The Hall–Kier alpha value is -0.370. The van der Waals surface area contributed by atoms with Crippen LogP contribution in [0.1, 0.15) is 6.92 Å². The highest BCUT2D eigenvalue weighted by molar-refractivity contribution is 5.64. The lowest BCUT2D eigenvalue weighted by atomic mass is 10.5. The molecule has 0 rings (SSSR count). The molecule has 42 valence electrons. The van der Waals surface area contributed by atoms with Gasteiger partial charge in [0, 0.05) is 0 Å². The fraction of sp³-hybridized carbons (Fsp3) is 0.800. The number of carbonyl (C=O) groups excluding carboxylic acids is 1. The molecule has 1 amide bonds. The van der Waals surface area contributed by atoms with E-state index in [1.807, 2.05) is 21.1 Å². The van der Waals surface area contributed by atoms with Gasteiger partial charge in [0.15, 0.2) is 0 Å². The molecular weight excluding hydrogens is 90.1 g/mol. The molecule has 0 aromatic rings. The van der Waals surface area contributed by atoms with E-state index < -0.39 is 0 Å². The molecule has 2 heteroatoms. The van der Waals surface area contributed by atoms with Crippen LogP contribution in [0.5, 0.6) is 0 Å². The van der Waals surface area contributed by atoms with Gasteiger partial charge in [0.05, 0.1) is 28.1 Å². The van der Waals surface area contributed by atoms with Crippen molar-refractivity contribution in [2.75, 3.05) is 21.1 Å². The fourth-order valence-corrected chi connectivity index (χ4v) is 0. The van der Waals surface area contributed by atoms with E-state index in [4.69, 9.17) is 0 Å². The summed E-state index contributed by atoms with van der Waals surface area (Å²) in [6.07, 6.45) is 0. The van der Waals surface area contributed by atoms with Gasteiger partial charge < -0.3 is 0 Å². The second-order valence-electron chi connectivity index (χ2n) is 2.53. The van der Waals surface area contributed by atoms with Gasteiger partial charge in [-0.2, -0.15) is 0 Å². The third kappa shape index (κ3) is 2.34. The molecule has 0 radical (unpaired) electrons. The molecule has 2 nitrogen and oxygen atoms in total. The summed E-state index contributed by atoms with van der Waals surface area (Å²) in [5, 5.41) is 0. The first-order chi connectivity index (χ1) is 2.94. The highest BCUT2D eigenvalue weighted by Gasteiger charge is 2.11. The molecule has 0 spiro atoms. The molecule has 0 N–H and O–H groups in total. The number of carbonyl (C=O) groups is 1. The lowest BCUT2D eigenvalue weighted by Crippen LogP contribution is -2.38. The Morgan fingerprint density at radius 1 is 1.29 bits per heavy atom. The lowest BCUT2D eigenvalue weighted by Gasteiger charge is -2.17. The van der Waals surface area contributed by atoms with Gasteiger partial charge >= 0.3 is 5.91 Å². The van der Waals surface area contributed by atoms with E-state index in [1.165, 1.54) is 0 Å². The quantitative estimate of drug-likeness (QED) is 0.400. The van der Waals surface area contributed by atoms with Gasteiger partial charge in [0.25, 0.3) is 0 Å². The minimum Gasteiger partial charge on any atom is -0.268 e. The first kappa shape index (κ1) is 6.63. The molecule has 0 fully saturated rings. The number of nitrogens with zero attached hydrogens (tertiary/aromatic N) is 1. The molecule has 7 heavy (non-hydrogen) atoms. The number of hydrogen-bond donors (Lipinski definition) is 0. The SMILES string of the molecule is CC(=O)[N+](C)(C)C. The summed E-state index contributed by atoms with van der Waals surface area (Å²) in [4.78, 5) is 10.4. The summed E-state index contributed by atoms with van der Waals surface area (Å²) in [6, 6.07) is 0. The van der Waals surface area contributed by atoms with Crippen LogP contribution in [0.25, 0.3) is 0 Å². The van der Waals surface area contributed by atoms with Gasteiger partial charge in [0.1, 0.15) is 0 Å². The van der Waals surface area contributed by atoms with Crippen LogP contribution >= 0.6 is 0 Å². The second-order valence-corrected chi connectivity index (χ2v) is 2.53. The molecule has 0 atom stereocenters. The molecule has 0 aromatic carbocycles. The molecule has 0 aliphatic carbocycles. The summed E-state index contributed by atoms with van der Waals surface area (Å²) in [7, 11) is 5.55. The van der Waals surface area contributed by atoms with E-state index >= 15 is 0 Å². The number of amides is 1. The van der Waals surface area contributed by atoms with E-state index in [9.17, 15) is 4.79 Å². The van der Waals surface area contributed by atoms with Gasteiger partial charge in [-0.15, -0.1) is 0 Å². The predicted molar refractivity (Wildman–Crippen MR) is 28.7 cm³/mol. The standard InChI is InChI=1S/C5H12NO/c1-5(7)6(2,3)4/h1-4H3/q+1. The topological polar surface area (TPSA) is 17.1 Å². The molecule has 0 unspecified atom stereocenters. The maximum atomic E-state index is 10.4. The van der Waals surface area contributed by atoms with Gasteiger partial charge in [0.2, 0.25) is 0 Å². The van der Waals surface area contributed by atoms with E-state index in [1.54, 1.807) is 6.92 Å². The molecule has 0 heterocycles. The van der Waals surface area contributed by atoms with Gasteiger partial charge in [-0.05, 0) is 0 Å². The molecule has 0 saturated heterocycles. The third-order valence-corrected chi connectivity index (χ3v) is 0.945. The highest BCUT2D eigenvalue weighted by atomic mass is 16.2. The smallest absolute Gasteiger partial charge is 0.268 e. The van der Waals surface area contributed by atoms with Crippen molar-refractivity contribution in [1.82, 2.24) is 0 Å². The van der Waals surface area contributed by atoms with Crippen LogP contribution in [-0.4, -0.2) is 31.5 Å². The average Bonchev–Trinajstić information content (AvgIpc) is 1.31. The molecule has 0 aliphatic heterocycles. The zero-order chi connectivity index (χ0) is 6.08. The Kier molecular flexibility index (Phi) is 1.53. The Morgan fingerprint density at radius 2 is 1.43 bits per heavy atom. The zero-order valence-electron chi connectivity index (χ0n) is 5.36. The highest BCUT2D eigenvalue weighted by Crippen LogP contribution is 1.87. The van der Waals surface area contributed by atoms with Crippen molar-refractivity contribution in [3.05, 3.63) is 0 Å². The van der Waals surface area contributed by atoms with Crippen molar-refractivity contribution in [2.45, 2.75) is 6.92 Å². The van der Waals surface area contributed by atoms with Crippen molar-refractivity contribution in [2.24, 2.45) is 0 Å². The minimum atomic E-state index is 0.181. The maximum absolute atomic E-state index is 10.4. The number of hydrogen-bond acceptors (Lipinski definition) is 1. The van der Waals surface area contributed by atoms with E-state index in [0.717, 1.165) is 0 Å². The summed E-state index contributed by atoms with van der Waals surface area (Å²) < 4.78 is 0.417. The largest absolute Gasteiger partial charge is 0.309 e. The van der Waals surface area contributed by atoms with Gasteiger partial charge in [-0.25, -0.2) is 4.79 Å².